The lowest BCUT2D eigenvalue weighted by atomic mass is 9.75. The Morgan fingerprint density at radius 2 is 2.19 bits per heavy atom. The Morgan fingerprint density at radius 3 is 2.69 bits per heavy atom. The summed E-state index contributed by atoms with van der Waals surface area (Å²) >= 11 is 0. The quantitative estimate of drug-likeness (QED) is 0.826. The highest BCUT2D eigenvalue weighted by atomic mass is 15.2. The first-order valence-electron chi connectivity index (χ1n) is 6.51. The van der Waals surface area contributed by atoms with E-state index in [9.17, 15) is 0 Å². The Labute approximate surface area is 98.3 Å². The average Bonchev–Trinajstić information content (AvgIpc) is 2.53. The average molecular weight is 221 g/mol. The number of hydrogen-bond acceptors (Lipinski definition) is 2. The van der Waals surface area contributed by atoms with E-state index in [0.717, 1.165) is 24.6 Å². The molecule has 90 valence electrons. The van der Waals surface area contributed by atoms with Crippen molar-refractivity contribution >= 4 is 5.95 Å². The van der Waals surface area contributed by atoms with Crippen molar-refractivity contribution < 1.29 is 0 Å². The van der Waals surface area contributed by atoms with Gasteiger partial charge in [-0.15, -0.1) is 0 Å². The van der Waals surface area contributed by atoms with E-state index in [1.54, 1.807) is 0 Å². The molecule has 0 unspecified atom stereocenters. The third kappa shape index (κ3) is 2.08. The maximum atomic E-state index is 4.60. The summed E-state index contributed by atoms with van der Waals surface area (Å²) in [5, 5.41) is 3.67. The molecular weight excluding hydrogens is 198 g/mol. The summed E-state index contributed by atoms with van der Waals surface area (Å²) in [6, 6.07) is 0. The summed E-state index contributed by atoms with van der Waals surface area (Å²) in [5.41, 5.74) is 1.45. The summed E-state index contributed by atoms with van der Waals surface area (Å²) < 4.78 is 2.26. The van der Waals surface area contributed by atoms with E-state index in [-0.39, 0.29) is 0 Å². The predicted molar refractivity (Wildman–Crippen MR) is 67.8 cm³/mol. The molecule has 0 aliphatic heterocycles. The molecule has 3 heteroatoms. The minimum atomic E-state index is 0.337. The van der Waals surface area contributed by atoms with Crippen LogP contribution in [-0.4, -0.2) is 15.1 Å². The van der Waals surface area contributed by atoms with Crippen molar-refractivity contribution in [3.63, 3.8) is 0 Å². The minimum absolute atomic E-state index is 0.337. The van der Waals surface area contributed by atoms with Crippen molar-refractivity contribution in [3.8, 4) is 0 Å². The highest BCUT2D eigenvalue weighted by Crippen LogP contribution is 2.37. The van der Waals surface area contributed by atoms with Crippen molar-refractivity contribution in [2.24, 2.45) is 0 Å². The Balaban J connectivity index is 2.13. The van der Waals surface area contributed by atoms with Crippen LogP contribution in [-0.2, 0) is 6.54 Å². The number of rotatable bonds is 5. The molecule has 1 N–H and O–H groups in total. The van der Waals surface area contributed by atoms with Crippen LogP contribution in [0.15, 0.2) is 6.20 Å². The molecular formula is C13H23N3. The zero-order chi connectivity index (χ0) is 11.6. The fraction of sp³-hybridized carbons (Fsp3) is 0.769. The van der Waals surface area contributed by atoms with Gasteiger partial charge in [-0.1, -0.05) is 13.8 Å². The second-order valence-corrected chi connectivity index (χ2v) is 5.01. The summed E-state index contributed by atoms with van der Waals surface area (Å²) in [6.45, 7) is 7.60. The normalized spacial score (nSPS) is 18.2. The number of aryl methyl sites for hydroxylation is 2. The second-order valence-electron chi connectivity index (χ2n) is 5.01. The summed E-state index contributed by atoms with van der Waals surface area (Å²) in [7, 11) is 0. The van der Waals surface area contributed by atoms with E-state index in [1.807, 2.05) is 0 Å². The number of imidazole rings is 1. The van der Waals surface area contributed by atoms with Gasteiger partial charge in [0.25, 0.3) is 0 Å². The SMILES string of the molecule is CCCn1cc(C)nc1NC1(CC)CCC1. The number of aromatic nitrogens is 2. The Morgan fingerprint density at radius 1 is 1.44 bits per heavy atom. The molecule has 1 saturated carbocycles. The lowest BCUT2D eigenvalue weighted by Gasteiger charge is -2.42. The number of hydrogen-bond donors (Lipinski definition) is 1. The Bertz CT molecular complexity index is 345. The molecule has 1 aliphatic rings. The van der Waals surface area contributed by atoms with Crippen LogP contribution >= 0.6 is 0 Å². The molecule has 1 fully saturated rings. The summed E-state index contributed by atoms with van der Waals surface area (Å²) in [5.74, 6) is 1.07. The molecule has 0 atom stereocenters. The van der Waals surface area contributed by atoms with Crippen LogP contribution in [0.2, 0.25) is 0 Å². The summed E-state index contributed by atoms with van der Waals surface area (Å²) in [6.07, 6.45) is 8.44. The van der Waals surface area contributed by atoms with Gasteiger partial charge in [0.1, 0.15) is 0 Å². The first-order valence-corrected chi connectivity index (χ1v) is 6.51. The molecule has 0 bridgehead atoms. The van der Waals surface area contributed by atoms with E-state index in [2.05, 4.69) is 41.8 Å². The van der Waals surface area contributed by atoms with Gasteiger partial charge in [0.05, 0.1) is 5.69 Å². The van der Waals surface area contributed by atoms with Gasteiger partial charge >= 0.3 is 0 Å². The first kappa shape index (κ1) is 11.5. The number of anilines is 1. The highest BCUT2D eigenvalue weighted by Gasteiger charge is 2.35. The van der Waals surface area contributed by atoms with Crippen LogP contribution < -0.4 is 5.32 Å². The maximum Gasteiger partial charge on any atom is 0.203 e. The first-order chi connectivity index (χ1) is 7.69. The zero-order valence-corrected chi connectivity index (χ0v) is 10.7. The van der Waals surface area contributed by atoms with Gasteiger partial charge in [-0.3, -0.25) is 0 Å². The van der Waals surface area contributed by atoms with E-state index in [1.165, 1.54) is 25.7 Å². The van der Waals surface area contributed by atoms with Crippen molar-refractivity contribution in [1.82, 2.24) is 9.55 Å². The van der Waals surface area contributed by atoms with Gasteiger partial charge in [0.15, 0.2) is 0 Å². The predicted octanol–water partition coefficient (Wildman–Crippen LogP) is 3.35. The van der Waals surface area contributed by atoms with Gasteiger partial charge in [0, 0.05) is 18.3 Å². The molecule has 3 nitrogen and oxygen atoms in total. The van der Waals surface area contributed by atoms with E-state index >= 15 is 0 Å². The smallest absolute Gasteiger partial charge is 0.203 e. The maximum absolute atomic E-state index is 4.60. The van der Waals surface area contributed by atoms with E-state index in [4.69, 9.17) is 0 Å². The Kier molecular flexibility index (Phi) is 3.22. The molecule has 1 aromatic rings. The van der Waals surface area contributed by atoms with Crippen molar-refractivity contribution in [2.45, 2.75) is 65.0 Å². The number of nitrogens with zero attached hydrogens (tertiary/aromatic N) is 2. The zero-order valence-electron chi connectivity index (χ0n) is 10.7. The van der Waals surface area contributed by atoms with Crippen LogP contribution in [0.5, 0.6) is 0 Å². The van der Waals surface area contributed by atoms with E-state index in [0.29, 0.717) is 5.54 Å². The van der Waals surface area contributed by atoms with Gasteiger partial charge < -0.3 is 9.88 Å². The van der Waals surface area contributed by atoms with E-state index < -0.39 is 0 Å². The van der Waals surface area contributed by atoms with Gasteiger partial charge in [-0.2, -0.15) is 0 Å². The molecule has 0 aromatic carbocycles. The molecule has 1 heterocycles. The number of nitrogens with one attached hydrogen (secondary N) is 1. The lowest BCUT2D eigenvalue weighted by Crippen LogP contribution is -2.45. The Hall–Kier alpha value is -0.990. The van der Waals surface area contributed by atoms with Crippen LogP contribution in [0.3, 0.4) is 0 Å². The topological polar surface area (TPSA) is 29.9 Å². The largest absolute Gasteiger partial charge is 0.350 e. The molecule has 0 radical (unpaired) electrons. The monoisotopic (exact) mass is 221 g/mol. The minimum Gasteiger partial charge on any atom is -0.350 e. The van der Waals surface area contributed by atoms with Gasteiger partial charge in [-0.05, 0) is 39.0 Å². The van der Waals surface area contributed by atoms with Crippen LogP contribution in [0.1, 0.15) is 51.6 Å². The molecule has 0 saturated heterocycles. The standard InChI is InChI=1S/C13H23N3/c1-4-9-16-10-11(3)14-12(16)15-13(5-2)7-6-8-13/h10H,4-9H2,1-3H3,(H,14,15). The molecule has 2 rings (SSSR count). The molecule has 16 heavy (non-hydrogen) atoms. The summed E-state index contributed by atoms with van der Waals surface area (Å²) in [4.78, 5) is 4.60. The van der Waals surface area contributed by atoms with Crippen molar-refractivity contribution in [2.75, 3.05) is 5.32 Å². The lowest BCUT2D eigenvalue weighted by molar-refractivity contribution is 0.267. The highest BCUT2D eigenvalue weighted by molar-refractivity contribution is 5.34. The molecule has 0 amide bonds. The van der Waals surface area contributed by atoms with Gasteiger partial charge in [0.2, 0.25) is 5.95 Å². The third-order valence-electron chi connectivity index (χ3n) is 3.73. The van der Waals surface area contributed by atoms with Crippen molar-refractivity contribution in [3.05, 3.63) is 11.9 Å². The molecule has 1 aromatic heterocycles. The van der Waals surface area contributed by atoms with Crippen LogP contribution in [0, 0.1) is 6.92 Å². The second kappa shape index (κ2) is 4.48. The third-order valence-corrected chi connectivity index (χ3v) is 3.73. The fourth-order valence-electron chi connectivity index (χ4n) is 2.47. The van der Waals surface area contributed by atoms with Gasteiger partial charge in [-0.25, -0.2) is 4.98 Å². The fourth-order valence-corrected chi connectivity index (χ4v) is 2.47. The molecule has 0 spiro atoms. The van der Waals surface area contributed by atoms with Crippen LogP contribution in [0.25, 0.3) is 0 Å². The molecule has 1 aliphatic carbocycles. The van der Waals surface area contributed by atoms with Crippen LogP contribution in [0.4, 0.5) is 5.95 Å². The van der Waals surface area contributed by atoms with Crippen molar-refractivity contribution in [1.29, 1.82) is 0 Å².